The lowest BCUT2D eigenvalue weighted by molar-refractivity contribution is 0.0239. The average Bonchev–Trinajstić information content (AvgIpc) is 2.78. The second-order valence-electron chi connectivity index (χ2n) is 8.41. The molecule has 1 aliphatic carbocycles. The van der Waals surface area contributed by atoms with Crippen LogP contribution in [0, 0.1) is 5.92 Å². The fraction of sp³-hybridized carbons (Fsp3) is 0.458. The first-order valence-electron chi connectivity index (χ1n) is 10.7. The van der Waals surface area contributed by atoms with Crippen LogP contribution < -0.4 is 0 Å². The van der Waals surface area contributed by atoms with Gasteiger partial charge in [-0.1, -0.05) is 43.3 Å². The first-order valence-corrected chi connectivity index (χ1v) is 12.4. The minimum Gasteiger partial charge on any atom is -0.391 e. The van der Waals surface area contributed by atoms with Gasteiger partial charge in [0.25, 0.3) is 0 Å². The molecule has 0 spiro atoms. The summed E-state index contributed by atoms with van der Waals surface area (Å²) in [6, 6.07) is 14.8. The molecule has 2 aromatic carbocycles. The second-order valence-corrected chi connectivity index (χ2v) is 10.7. The van der Waals surface area contributed by atoms with E-state index >= 15 is 0 Å². The number of hydrogen-bond donors (Lipinski definition) is 1. The van der Waals surface area contributed by atoms with Crippen molar-refractivity contribution in [2.45, 2.75) is 49.6 Å². The van der Waals surface area contributed by atoms with Gasteiger partial charge < -0.3 is 5.11 Å². The molecule has 160 valence electrons. The van der Waals surface area contributed by atoms with E-state index in [0.717, 1.165) is 32.4 Å². The van der Waals surface area contributed by atoms with Crippen LogP contribution in [-0.4, -0.2) is 55.2 Å². The molecule has 0 amide bonds. The van der Waals surface area contributed by atoms with E-state index in [-0.39, 0.29) is 34.5 Å². The lowest BCUT2D eigenvalue weighted by Gasteiger charge is -2.41. The van der Waals surface area contributed by atoms with Crippen molar-refractivity contribution in [3.05, 3.63) is 65.2 Å². The number of hydrogen-bond acceptors (Lipinski definition) is 5. The third kappa shape index (κ3) is 4.22. The van der Waals surface area contributed by atoms with Gasteiger partial charge in [-0.15, -0.1) is 0 Å². The average molecular weight is 428 g/mol. The van der Waals surface area contributed by atoms with Gasteiger partial charge in [0.05, 0.1) is 16.8 Å². The Morgan fingerprint density at radius 2 is 1.60 bits per heavy atom. The Balaban J connectivity index is 1.38. The Labute approximate surface area is 178 Å². The lowest BCUT2D eigenvalue weighted by atomic mass is 9.83. The predicted molar refractivity (Wildman–Crippen MR) is 116 cm³/mol. The van der Waals surface area contributed by atoms with Crippen LogP contribution in [0.4, 0.5) is 0 Å². The maximum Gasteiger partial charge on any atom is 0.178 e. The van der Waals surface area contributed by atoms with E-state index in [1.54, 1.807) is 19.1 Å². The number of nitrogens with zero attached hydrogens (tertiary/aromatic N) is 1. The number of aliphatic hydroxyl groups is 1. The molecule has 1 aliphatic heterocycles. The molecule has 1 N–H and O–H groups in total. The lowest BCUT2D eigenvalue weighted by Crippen LogP contribution is -2.51. The zero-order chi connectivity index (χ0) is 21.3. The van der Waals surface area contributed by atoms with Gasteiger partial charge in [-0.25, -0.2) is 8.42 Å². The zero-order valence-electron chi connectivity index (χ0n) is 17.3. The van der Waals surface area contributed by atoms with Gasteiger partial charge in [0.15, 0.2) is 15.6 Å². The summed E-state index contributed by atoms with van der Waals surface area (Å²) >= 11 is 0. The largest absolute Gasteiger partial charge is 0.391 e. The molecule has 5 nitrogen and oxygen atoms in total. The van der Waals surface area contributed by atoms with Crippen LogP contribution in [0.3, 0.4) is 0 Å². The van der Waals surface area contributed by atoms with Crippen molar-refractivity contribution in [1.29, 1.82) is 0 Å². The number of carbonyl (C=O) groups excluding carboxylic acids is 1. The van der Waals surface area contributed by atoms with Gasteiger partial charge in [0, 0.05) is 23.9 Å². The third-order valence-electron chi connectivity index (χ3n) is 6.67. The maximum absolute atomic E-state index is 12.9. The molecule has 6 heteroatoms. The summed E-state index contributed by atoms with van der Waals surface area (Å²) in [4.78, 5) is 15.5. The van der Waals surface area contributed by atoms with Gasteiger partial charge in [-0.2, -0.15) is 0 Å². The van der Waals surface area contributed by atoms with Gasteiger partial charge in [0.2, 0.25) is 0 Å². The van der Waals surface area contributed by atoms with Gasteiger partial charge in [-0.3, -0.25) is 9.69 Å². The van der Waals surface area contributed by atoms with Crippen LogP contribution in [0.5, 0.6) is 0 Å². The number of likely N-dealkylation sites (tertiary alicyclic amines) is 1. The molecule has 4 rings (SSSR count). The number of carbonyl (C=O) groups is 1. The maximum atomic E-state index is 12.9. The van der Waals surface area contributed by atoms with Crippen molar-refractivity contribution < 1.29 is 18.3 Å². The normalized spacial score (nSPS) is 23.1. The van der Waals surface area contributed by atoms with E-state index < -0.39 is 9.84 Å². The van der Waals surface area contributed by atoms with Crippen LogP contribution >= 0.6 is 0 Å². The molecule has 0 bridgehead atoms. The van der Waals surface area contributed by atoms with E-state index in [9.17, 15) is 18.3 Å². The molecule has 0 aromatic heterocycles. The quantitative estimate of drug-likeness (QED) is 0.743. The van der Waals surface area contributed by atoms with Crippen molar-refractivity contribution in [2.24, 2.45) is 5.92 Å². The highest BCUT2D eigenvalue weighted by Crippen LogP contribution is 2.29. The van der Waals surface area contributed by atoms with E-state index in [0.29, 0.717) is 12.0 Å². The minimum absolute atomic E-state index is 0.0518. The van der Waals surface area contributed by atoms with Crippen LogP contribution in [0.2, 0.25) is 0 Å². The van der Waals surface area contributed by atoms with Crippen LogP contribution in [0.25, 0.3) is 0 Å². The van der Waals surface area contributed by atoms with Crippen LogP contribution in [0.15, 0.2) is 53.4 Å². The summed E-state index contributed by atoms with van der Waals surface area (Å²) in [7, 11) is -3.25. The number of fused-ring (bicyclic) bond motifs is 1. The topological polar surface area (TPSA) is 74.7 Å². The van der Waals surface area contributed by atoms with Gasteiger partial charge in [-0.05, 0) is 55.6 Å². The molecular weight excluding hydrogens is 398 g/mol. The van der Waals surface area contributed by atoms with Crippen molar-refractivity contribution >= 4 is 15.6 Å². The van der Waals surface area contributed by atoms with E-state index in [4.69, 9.17) is 0 Å². The van der Waals surface area contributed by atoms with E-state index in [1.165, 1.54) is 23.3 Å². The molecule has 30 heavy (non-hydrogen) atoms. The Morgan fingerprint density at radius 1 is 1.00 bits per heavy atom. The first-order chi connectivity index (χ1) is 14.4. The molecule has 2 aromatic rings. The Bertz CT molecular complexity index is 1010. The molecule has 0 radical (unpaired) electrons. The molecule has 2 atom stereocenters. The summed E-state index contributed by atoms with van der Waals surface area (Å²) < 4.78 is 23.9. The number of piperidine rings is 1. The summed E-state index contributed by atoms with van der Waals surface area (Å²) in [6.07, 6.45) is 2.69. The Morgan fingerprint density at radius 3 is 2.20 bits per heavy atom. The Kier molecular flexibility index (Phi) is 6.09. The second kappa shape index (κ2) is 8.61. The standard InChI is InChI=1S/C24H29NO4S/c1-2-30(28,29)21-9-7-17(8-10-21)24(27)18-11-13-25(14-12-18)22-15-19-5-3-4-6-20(19)16-23(22)26/h3-10,18,22-23,26H,2,11-16H2,1H3/t22-,23-/m1/s1. The SMILES string of the molecule is CCS(=O)(=O)c1ccc(C(=O)C2CCN([C@@H]3Cc4ccccc4C[C@H]3O)CC2)cc1. The molecular formula is C24H29NO4S. The highest BCUT2D eigenvalue weighted by molar-refractivity contribution is 7.91. The molecule has 0 unspecified atom stereocenters. The minimum atomic E-state index is -3.25. The molecule has 1 fully saturated rings. The predicted octanol–water partition coefficient (Wildman–Crippen LogP) is 2.90. The Hall–Kier alpha value is -2.02. The summed E-state index contributed by atoms with van der Waals surface area (Å²) in [6.45, 7) is 3.20. The van der Waals surface area contributed by atoms with Crippen LogP contribution in [-0.2, 0) is 22.7 Å². The van der Waals surface area contributed by atoms with Gasteiger partial charge in [0.1, 0.15) is 0 Å². The van der Waals surface area contributed by atoms with Crippen molar-refractivity contribution in [3.63, 3.8) is 0 Å². The number of ketones is 1. The summed E-state index contributed by atoms with van der Waals surface area (Å²) in [5.41, 5.74) is 3.13. The number of rotatable bonds is 5. The zero-order valence-corrected chi connectivity index (χ0v) is 18.1. The monoisotopic (exact) mass is 427 g/mol. The smallest absolute Gasteiger partial charge is 0.178 e. The highest BCUT2D eigenvalue weighted by Gasteiger charge is 2.35. The number of benzene rings is 2. The van der Waals surface area contributed by atoms with Gasteiger partial charge >= 0.3 is 0 Å². The highest BCUT2D eigenvalue weighted by atomic mass is 32.2. The fourth-order valence-electron chi connectivity index (χ4n) is 4.77. The van der Waals surface area contributed by atoms with Crippen LogP contribution in [0.1, 0.15) is 41.3 Å². The third-order valence-corrected chi connectivity index (χ3v) is 8.42. The van der Waals surface area contributed by atoms with E-state index in [2.05, 4.69) is 23.1 Å². The molecule has 1 saturated heterocycles. The number of sulfone groups is 1. The fourth-order valence-corrected chi connectivity index (χ4v) is 5.66. The van der Waals surface area contributed by atoms with Crippen molar-refractivity contribution in [2.75, 3.05) is 18.8 Å². The molecule has 2 aliphatic rings. The first kappa shape index (κ1) is 21.2. The molecule has 0 saturated carbocycles. The number of Topliss-reactive ketones (excluding diaryl/α,β-unsaturated/α-hetero) is 1. The molecule has 1 heterocycles. The summed E-state index contributed by atoms with van der Waals surface area (Å²) in [5.74, 6) is 0.0866. The summed E-state index contributed by atoms with van der Waals surface area (Å²) in [5, 5.41) is 10.7. The van der Waals surface area contributed by atoms with E-state index in [1.807, 2.05) is 6.07 Å². The van der Waals surface area contributed by atoms with Crippen molar-refractivity contribution in [1.82, 2.24) is 4.90 Å². The number of aliphatic hydroxyl groups excluding tert-OH is 1. The van der Waals surface area contributed by atoms with Crippen molar-refractivity contribution in [3.8, 4) is 0 Å².